The molecule has 0 amide bonds. The van der Waals surface area contributed by atoms with Gasteiger partial charge in [0.1, 0.15) is 6.33 Å². The molecule has 0 spiro atoms. The van der Waals surface area contributed by atoms with Crippen LogP contribution in [-0.4, -0.2) is 20.7 Å². The number of carbonyl (C=O) groups is 1. The normalized spacial score (nSPS) is 10.0. The average molecular weight is 214 g/mol. The van der Waals surface area contributed by atoms with Crippen molar-refractivity contribution in [1.29, 1.82) is 0 Å². The van der Waals surface area contributed by atoms with Gasteiger partial charge in [0.15, 0.2) is 0 Å². The molecule has 5 heteroatoms. The first-order chi connectivity index (χ1) is 7.72. The van der Waals surface area contributed by atoms with E-state index in [1.54, 1.807) is 30.3 Å². The molecule has 1 aromatic heterocycles. The smallest absolute Gasteiger partial charge is 0.281 e. The van der Waals surface area contributed by atoms with E-state index in [9.17, 15) is 4.79 Å². The number of rotatable bonds is 2. The molecule has 0 atom stereocenters. The van der Waals surface area contributed by atoms with E-state index < -0.39 is 0 Å². The fraction of sp³-hybridized carbons (Fsp3) is 0. The zero-order valence-electron chi connectivity index (χ0n) is 8.50. The van der Waals surface area contributed by atoms with Gasteiger partial charge in [-0.15, -0.1) is 0 Å². The summed E-state index contributed by atoms with van der Waals surface area (Å²) in [7, 11) is 0. The Balaban J connectivity index is 2.34. The highest BCUT2D eigenvalue weighted by atomic mass is 16.2. The molecule has 0 aliphatic heterocycles. The number of hydrogen-bond donors (Lipinski definition) is 1. The number of nitrogens with zero attached hydrogens (tertiary/aromatic N) is 3. The van der Waals surface area contributed by atoms with Gasteiger partial charge in [-0.1, -0.05) is 24.8 Å². The van der Waals surface area contributed by atoms with Gasteiger partial charge in [0, 0.05) is 5.56 Å². The highest BCUT2D eigenvalue weighted by Crippen LogP contribution is 2.08. The standard InChI is InChI=1S/C11H10N4O/c1-2-8-3-5-9(6-4-8)10(16)15-11(12)13-7-14-15/h2-7H,1H2,(H2,12,13,14). The van der Waals surface area contributed by atoms with E-state index in [1.165, 1.54) is 6.33 Å². The Kier molecular flexibility index (Phi) is 2.51. The molecule has 80 valence electrons. The van der Waals surface area contributed by atoms with Crippen molar-refractivity contribution in [2.75, 3.05) is 5.73 Å². The Morgan fingerprint density at radius 3 is 2.56 bits per heavy atom. The second-order valence-corrected chi connectivity index (χ2v) is 3.16. The van der Waals surface area contributed by atoms with Gasteiger partial charge in [-0.05, 0) is 17.7 Å². The number of nitrogen functional groups attached to an aromatic ring is 1. The van der Waals surface area contributed by atoms with Crippen LogP contribution in [-0.2, 0) is 0 Å². The SMILES string of the molecule is C=Cc1ccc(C(=O)n2ncnc2N)cc1. The van der Waals surface area contributed by atoms with Crippen molar-refractivity contribution in [2.24, 2.45) is 0 Å². The molecular weight excluding hydrogens is 204 g/mol. The summed E-state index contributed by atoms with van der Waals surface area (Å²) < 4.78 is 1.06. The van der Waals surface area contributed by atoms with Gasteiger partial charge in [-0.25, -0.2) is 0 Å². The summed E-state index contributed by atoms with van der Waals surface area (Å²) in [5.74, 6) is -0.219. The minimum atomic E-state index is -0.300. The monoisotopic (exact) mass is 214 g/mol. The van der Waals surface area contributed by atoms with Crippen LogP contribution in [0.5, 0.6) is 0 Å². The molecule has 2 aromatic rings. The predicted octanol–water partition coefficient (Wildman–Crippen LogP) is 1.19. The van der Waals surface area contributed by atoms with Crippen LogP contribution in [0.25, 0.3) is 6.08 Å². The van der Waals surface area contributed by atoms with Crippen LogP contribution < -0.4 is 5.73 Å². The van der Waals surface area contributed by atoms with Gasteiger partial charge in [-0.3, -0.25) is 4.79 Å². The third-order valence-electron chi connectivity index (χ3n) is 2.16. The van der Waals surface area contributed by atoms with Gasteiger partial charge >= 0.3 is 0 Å². The quantitative estimate of drug-likeness (QED) is 0.814. The Morgan fingerprint density at radius 1 is 1.38 bits per heavy atom. The second-order valence-electron chi connectivity index (χ2n) is 3.16. The minimum absolute atomic E-state index is 0.0813. The minimum Gasteiger partial charge on any atom is -0.368 e. The van der Waals surface area contributed by atoms with E-state index in [-0.39, 0.29) is 11.9 Å². The third-order valence-corrected chi connectivity index (χ3v) is 2.16. The van der Waals surface area contributed by atoms with Crippen LogP contribution in [0.4, 0.5) is 5.95 Å². The maximum Gasteiger partial charge on any atom is 0.281 e. The molecule has 5 nitrogen and oxygen atoms in total. The Hall–Kier alpha value is -2.43. The van der Waals surface area contributed by atoms with Gasteiger partial charge in [0.05, 0.1) is 0 Å². The summed E-state index contributed by atoms with van der Waals surface area (Å²) >= 11 is 0. The van der Waals surface area contributed by atoms with Crippen molar-refractivity contribution >= 4 is 17.9 Å². The van der Waals surface area contributed by atoms with Crippen LogP contribution >= 0.6 is 0 Å². The van der Waals surface area contributed by atoms with Crippen molar-refractivity contribution in [2.45, 2.75) is 0 Å². The van der Waals surface area contributed by atoms with Crippen molar-refractivity contribution in [3.63, 3.8) is 0 Å². The van der Waals surface area contributed by atoms with Gasteiger partial charge < -0.3 is 5.73 Å². The summed E-state index contributed by atoms with van der Waals surface area (Å²) in [5, 5.41) is 3.75. The highest BCUT2D eigenvalue weighted by molar-refractivity contribution is 5.96. The Labute approximate surface area is 92.2 Å². The van der Waals surface area contributed by atoms with Gasteiger partial charge in [0.2, 0.25) is 5.95 Å². The third kappa shape index (κ3) is 1.70. The topological polar surface area (TPSA) is 73.8 Å². The molecule has 0 saturated heterocycles. The van der Waals surface area contributed by atoms with Crippen LogP contribution in [0.15, 0.2) is 37.2 Å². The van der Waals surface area contributed by atoms with E-state index in [0.717, 1.165) is 10.2 Å². The van der Waals surface area contributed by atoms with Crippen molar-refractivity contribution in [3.05, 3.63) is 48.3 Å². The lowest BCUT2D eigenvalue weighted by Crippen LogP contribution is -2.16. The summed E-state index contributed by atoms with van der Waals surface area (Å²) in [4.78, 5) is 15.6. The summed E-state index contributed by atoms with van der Waals surface area (Å²) in [6.45, 7) is 3.64. The average Bonchev–Trinajstić information content (AvgIpc) is 2.75. The lowest BCUT2D eigenvalue weighted by atomic mass is 10.1. The fourth-order valence-electron chi connectivity index (χ4n) is 1.29. The van der Waals surface area contributed by atoms with E-state index in [1.807, 2.05) is 0 Å². The first-order valence-corrected chi connectivity index (χ1v) is 4.65. The maximum absolute atomic E-state index is 11.9. The molecule has 0 fully saturated rings. The molecule has 2 rings (SSSR count). The largest absolute Gasteiger partial charge is 0.368 e. The predicted molar refractivity (Wildman–Crippen MR) is 60.7 cm³/mol. The van der Waals surface area contributed by atoms with Crippen LogP contribution in [0.2, 0.25) is 0 Å². The molecule has 2 N–H and O–H groups in total. The number of carbonyl (C=O) groups excluding carboxylic acids is 1. The summed E-state index contributed by atoms with van der Waals surface area (Å²) in [6.07, 6.45) is 2.95. The molecular formula is C11H10N4O. The molecule has 1 aromatic carbocycles. The van der Waals surface area contributed by atoms with Crippen molar-refractivity contribution in [1.82, 2.24) is 14.8 Å². The van der Waals surface area contributed by atoms with Crippen LogP contribution in [0.3, 0.4) is 0 Å². The molecule has 16 heavy (non-hydrogen) atoms. The van der Waals surface area contributed by atoms with Gasteiger partial charge in [0.25, 0.3) is 5.91 Å². The molecule has 0 radical (unpaired) electrons. The molecule has 0 saturated carbocycles. The molecule has 1 heterocycles. The lowest BCUT2D eigenvalue weighted by molar-refractivity contribution is 0.0948. The van der Waals surface area contributed by atoms with Gasteiger partial charge in [-0.2, -0.15) is 14.8 Å². The van der Waals surface area contributed by atoms with Crippen molar-refractivity contribution < 1.29 is 4.79 Å². The second kappa shape index (κ2) is 3.98. The van der Waals surface area contributed by atoms with Crippen LogP contribution in [0, 0.1) is 0 Å². The zero-order chi connectivity index (χ0) is 11.5. The summed E-state index contributed by atoms with van der Waals surface area (Å²) in [5.41, 5.74) is 6.94. The highest BCUT2D eigenvalue weighted by Gasteiger charge is 2.11. The molecule has 0 unspecified atom stereocenters. The number of aromatic nitrogens is 3. The first kappa shape index (κ1) is 10.1. The molecule has 0 aliphatic carbocycles. The number of benzene rings is 1. The maximum atomic E-state index is 11.9. The fourth-order valence-corrected chi connectivity index (χ4v) is 1.29. The van der Waals surface area contributed by atoms with E-state index in [4.69, 9.17) is 5.73 Å². The lowest BCUT2D eigenvalue weighted by Gasteiger charge is -2.01. The van der Waals surface area contributed by atoms with E-state index in [0.29, 0.717) is 5.56 Å². The number of hydrogen-bond acceptors (Lipinski definition) is 4. The molecule has 0 bridgehead atoms. The Bertz CT molecular complexity index is 527. The van der Waals surface area contributed by atoms with E-state index >= 15 is 0 Å². The van der Waals surface area contributed by atoms with E-state index in [2.05, 4.69) is 16.7 Å². The van der Waals surface area contributed by atoms with Crippen molar-refractivity contribution in [3.8, 4) is 0 Å². The van der Waals surface area contributed by atoms with Crippen LogP contribution in [0.1, 0.15) is 15.9 Å². The summed E-state index contributed by atoms with van der Waals surface area (Å²) in [6, 6.07) is 6.99. The Morgan fingerprint density at radius 2 is 2.06 bits per heavy atom. The zero-order valence-corrected chi connectivity index (χ0v) is 8.50. The number of anilines is 1. The first-order valence-electron chi connectivity index (χ1n) is 4.65. The number of nitrogens with two attached hydrogens (primary N) is 1. The molecule has 0 aliphatic rings.